The molecule has 1 N–H and O–H groups in total. The summed E-state index contributed by atoms with van der Waals surface area (Å²) in [5, 5.41) is 10.5. The van der Waals surface area contributed by atoms with E-state index in [9.17, 15) is 5.11 Å². The molecule has 0 saturated carbocycles. The molecule has 20 heavy (non-hydrogen) atoms. The van der Waals surface area contributed by atoms with Gasteiger partial charge in [0.25, 0.3) is 0 Å². The molecule has 0 saturated heterocycles. The summed E-state index contributed by atoms with van der Waals surface area (Å²) < 4.78 is 5.67. The number of benzene rings is 1. The number of rotatable bonds is 3. The van der Waals surface area contributed by atoms with Crippen LogP contribution < -0.4 is 4.74 Å². The third-order valence-electron chi connectivity index (χ3n) is 3.90. The number of hydrogen-bond donors (Lipinski definition) is 1. The number of para-hydroxylation sites is 1. The normalized spacial score (nSPS) is 19.0. The second-order valence-electron chi connectivity index (χ2n) is 5.35. The Morgan fingerprint density at radius 2 is 2.20 bits per heavy atom. The van der Waals surface area contributed by atoms with E-state index in [1.165, 1.54) is 5.56 Å². The number of fused-ring (bicyclic) bond motifs is 1. The van der Waals surface area contributed by atoms with Gasteiger partial charge in [0.1, 0.15) is 5.75 Å². The molecule has 0 radical (unpaired) electrons. The summed E-state index contributed by atoms with van der Waals surface area (Å²) in [6.45, 7) is 2.67. The fourth-order valence-electron chi connectivity index (χ4n) is 2.84. The number of pyridine rings is 1. The smallest absolute Gasteiger partial charge is 0.122 e. The first kappa shape index (κ1) is 13.1. The second kappa shape index (κ2) is 5.63. The highest BCUT2D eigenvalue weighted by molar-refractivity contribution is 5.38. The molecule has 2 atom stereocenters. The minimum Gasteiger partial charge on any atom is -0.493 e. The van der Waals surface area contributed by atoms with E-state index in [0.717, 1.165) is 36.5 Å². The van der Waals surface area contributed by atoms with E-state index in [0.29, 0.717) is 5.92 Å². The Kier molecular flexibility index (Phi) is 3.70. The van der Waals surface area contributed by atoms with Crippen LogP contribution in [-0.2, 0) is 0 Å². The van der Waals surface area contributed by atoms with Crippen LogP contribution in [0.4, 0.5) is 0 Å². The molecular weight excluding hydrogens is 250 g/mol. The number of nitrogens with zero attached hydrogens (tertiary/aromatic N) is 1. The Bertz CT molecular complexity index is 597. The van der Waals surface area contributed by atoms with E-state index in [4.69, 9.17) is 4.74 Å². The molecule has 0 spiro atoms. The van der Waals surface area contributed by atoms with Gasteiger partial charge in [-0.1, -0.05) is 18.2 Å². The van der Waals surface area contributed by atoms with Gasteiger partial charge in [-0.3, -0.25) is 4.98 Å². The Morgan fingerprint density at radius 1 is 1.35 bits per heavy atom. The summed E-state index contributed by atoms with van der Waals surface area (Å²) >= 11 is 0. The predicted octanol–water partition coefficient (Wildman–Crippen LogP) is 3.38. The minimum absolute atomic E-state index is 0.350. The van der Waals surface area contributed by atoms with Crippen LogP contribution in [0.5, 0.6) is 5.75 Å². The lowest BCUT2D eigenvalue weighted by Crippen LogP contribution is -2.16. The van der Waals surface area contributed by atoms with Crippen molar-refractivity contribution in [3.05, 3.63) is 59.4 Å². The van der Waals surface area contributed by atoms with Crippen LogP contribution in [0.1, 0.15) is 41.7 Å². The van der Waals surface area contributed by atoms with Crippen molar-refractivity contribution in [1.29, 1.82) is 0 Å². The topological polar surface area (TPSA) is 42.4 Å². The van der Waals surface area contributed by atoms with Gasteiger partial charge in [0.05, 0.1) is 12.7 Å². The van der Waals surface area contributed by atoms with Gasteiger partial charge in [0.15, 0.2) is 0 Å². The number of hydrogen-bond acceptors (Lipinski definition) is 3. The SMILES string of the molecule is Cc1cc(C(O)CC2CCOc3ccccc32)ccn1. The van der Waals surface area contributed by atoms with E-state index in [1.54, 1.807) is 6.20 Å². The van der Waals surface area contributed by atoms with Crippen LogP contribution in [0.15, 0.2) is 42.6 Å². The molecule has 3 nitrogen and oxygen atoms in total. The summed E-state index contributed by atoms with van der Waals surface area (Å²) in [6.07, 6.45) is 2.99. The van der Waals surface area contributed by atoms with Crippen molar-refractivity contribution in [2.75, 3.05) is 6.61 Å². The van der Waals surface area contributed by atoms with Crippen molar-refractivity contribution in [3.8, 4) is 5.75 Å². The zero-order chi connectivity index (χ0) is 13.9. The molecule has 3 rings (SSSR count). The van der Waals surface area contributed by atoms with Crippen molar-refractivity contribution in [2.45, 2.75) is 31.8 Å². The molecule has 0 fully saturated rings. The van der Waals surface area contributed by atoms with E-state index >= 15 is 0 Å². The summed E-state index contributed by atoms with van der Waals surface area (Å²) in [7, 11) is 0. The molecule has 3 heteroatoms. The van der Waals surface area contributed by atoms with Gasteiger partial charge in [-0.2, -0.15) is 0 Å². The largest absolute Gasteiger partial charge is 0.493 e. The average molecular weight is 269 g/mol. The molecule has 0 bridgehead atoms. The van der Waals surface area contributed by atoms with Crippen LogP contribution in [0.3, 0.4) is 0 Å². The Hall–Kier alpha value is -1.87. The maximum atomic E-state index is 10.5. The summed E-state index contributed by atoms with van der Waals surface area (Å²) in [5.41, 5.74) is 3.10. The van der Waals surface area contributed by atoms with Crippen molar-refractivity contribution in [3.63, 3.8) is 0 Å². The van der Waals surface area contributed by atoms with Gasteiger partial charge in [0.2, 0.25) is 0 Å². The van der Waals surface area contributed by atoms with Gasteiger partial charge in [0, 0.05) is 11.9 Å². The first-order valence-corrected chi connectivity index (χ1v) is 7.06. The number of ether oxygens (including phenoxy) is 1. The van der Waals surface area contributed by atoms with E-state index < -0.39 is 6.10 Å². The molecule has 2 aromatic rings. The molecule has 1 aromatic heterocycles. The van der Waals surface area contributed by atoms with Crippen LogP contribution in [-0.4, -0.2) is 16.7 Å². The number of aromatic nitrogens is 1. The Morgan fingerprint density at radius 3 is 3.05 bits per heavy atom. The van der Waals surface area contributed by atoms with Gasteiger partial charge < -0.3 is 9.84 Å². The van der Waals surface area contributed by atoms with Crippen LogP contribution >= 0.6 is 0 Å². The molecule has 1 aliphatic rings. The molecular formula is C17H19NO2. The van der Waals surface area contributed by atoms with Crippen molar-refractivity contribution in [2.24, 2.45) is 0 Å². The third-order valence-corrected chi connectivity index (χ3v) is 3.90. The molecule has 0 aliphatic carbocycles. The Balaban J connectivity index is 1.79. The third kappa shape index (κ3) is 2.68. The maximum absolute atomic E-state index is 10.5. The molecule has 1 aromatic carbocycles. The number of aliphatic hydroxyl groups is 1. The average Bonchev–Trinajstić information content (AvgIpc) is 2.47. The molecule has 2 heterocycles. The Labute approximate surface area is 119 Å². The number of aryl methyl sites for hydroxylation is 1. The fourth-order valence-corrected chi connectivity index (χ4v) is 2.84. The standard InChI is InChI=1S/C17H19NO2/c1-12-10-14(6-8-18-12)16(19)11-13-7-9-20-17-5-3-2-4-15(13)17/h2-6,8,10,13,16,19H,7,9,11H2,1H3. The second-order valence-corrected chi connectivity index (χ2v) is 5.35. The summed E-state index contributed by atoms with van der Waals surface area (Å²) in [5.74, 6) is 1.31. The lowest BCUT2D eigenvalue weighted by Gasteiger charge is -2.27. The van der Waals surface area contributed by atoms with Gasteiger partial charge in [-0.15, -0.1) is 0 Å². The first-order chi connectivity index (χ1) is 9.74. The first-order valence-electron chi connectivity index (χ1n) is 7.06. The van der Waals surface area contributed by atoms with E-state index in [2.05, 4.69) is 11.1 Å². The molecule has 0 amide bonds. The van der Waals surface area contributed by atoms with Crippen LogP contribution in [0.25, 0.3) is 0 Å². The van der Waals surface area contributed by atoms with Crippen LogP contribution in [0, 0.1) is 6.92 Å². The molecule has 1 aliphatic heterocycles. The summed E-state index contributed by atoms with van der Waals surface area (Å²) in [6, 6.07) is 12.0. The van der Waals surface area contributed by atoms with Crippen molar-refractivity contribution in [1.82, 2.24) is 4.98 Å². The highest BCUT2D eigenvalue weighted by Crippen LogP contribution is 2.38. The van der Waals surface area contributed by atoms with E-state index in [1.807, 2.05) is 37.3 Å². The highest BCUT2D eigenvalue weighted by Gasteiger charge is 2.24. The minimum atomic E-state index is -0.451. The zero-order valence-corrected chi connectivity index (χ0v) is 11.6. The highest BCUT2D eigenvalue weighted by atomic mass is 16.5. The zero-order valence-electron chi connectivity index (χ0n) is 11.6. The van der Waals surface area contributed by atoms with Gasteiger partial charge in [-0.25, -0.2) is 0 Å². The van der Waals surface area contributed by atoms with Gasteiger partial charge >= 0.3 is 0 Å². The summed E-state index contributed by atoms with van der Waals surface area (Å²) in [4.78, 5) is 4.17. The van der Waals surface area contributed by atoms with Crippen LogP contribution in [0.2, 0.25) is 0 Å². The lowest BCUT2D eigenvalue weighted by molar-refractivity contribution is 0.145. The monoisotopic (exact) mass is 269 g/mol. The molecule has 2 unspecified atom stereocenters. The fraction of sp³-hybridized carbons (Fsp3) is 0.353. The predicted molar refractivity (Wildman–Crippen MR) is 77.8 cm³/mol. The lowest BCUT2D eigenvalue weighted by atomic mass is 9.86. The van der Waals surface area contributed by atoms with E-state index in [-0.39, 0.29) is 0 Å². The van der Waals surface area contributed by atoms with Crippen molar-refractivity contribution >= 4 is 0 Å². The van der Waals surface area contributed by atoms with Gasteiger partial charge in [-0.05, 0) is 55.0 Å². The quantitative estimate of drug-likeness (QED) is 0.928. The van der Waals surface area contributed by atoms with Crippen molar-refractivity contribution < 1.29 is 9.84 Å². The molecule has 104 valence electrons. The maximum Gasteiger partial charge on any atom is 0.122 e. The number of aliphatic hydroxyl groups excluding tert-OH is 1.